The average Bonchev–Trinajstić information content (AvgIpc) is 2.62. The number of carbonyl (C=O) groups excluding carboxylic acids is 2. The smallest absolute Gasteiger partial charge is 0.196 e. The molecule has 0 heterocycles. The van der Waals surface area contributed by atoms with Crippen molar-refractivity contribution in [3.05, 3.63) is 89.0 Å². The zero-order chi connectivity index (χ0) is 16.7. The molecule has 0 aliphatic heterocycles. The molecule has 1 aliphatic carbocycles. The molecule has 3 aromatic carbocycles. The molecule has 4 rings (SSSR count). The number of anilines is 3. The highest BCUT2D eigenvalue weighted by atomic mass is 16.1. The van der Waals surface area contributed by atoms with Crippen molar-refractivity contribution >= 4 is 28.6 Å². The second-order valence-electron chi connectivity index (χ2n) is 5.65. The molecule has 0 unspecified atom stereocenters. The molecule has 3 N–H and O–H groups in total. The second kappa shape index (κ2) is 5.35. The van der Waals surface area contributed by atoms with Crippen LogP contribution < -0.4 is 11.1 Å². The lowest BCUT2D eigenvalue weighted by molar-refractivity contribution is 0.0980. The van der Waals surface area contributed by atoms with Gasteiger partial charge in [0.25, 0.3) is 0 Å². The van der Waals surface area contributed by atoms with Gasteiger partial charge in [-0.2, -0.15) is 0 Å². The summed E-state index contributed by atoms with van der Waals surface area (Å²) in [5.74, 6) is -0.345. The van der Waals surface area contributed by atoms with Crippen LogP contribution in [0.3, 0.4) is 0 Å². The third-order valence-corrected chi connectivity index (χ3v) is 4.17. The fourth-order valence-electron chi connectivity index (χ4n) is 3.00. The molecule has 0 fully saturated rings. The standard InChI is InChI=1S/C20H14N2O2/c21-16-11-10-15-17(18(16)22-12-6-2-1-3-7-12)20(24)14-9-5-4-8-13(14)19(15)23/h1-11,22H,21H2. The molecule has 0 aromatic heterocycles. The maximum absolute atomic E-state index is 13.0. The van der Waals surface area contributed by atoms with E-state index in [1.54, 1.807) is 36.4 Å². The fraction of sp³-hybridized carbons (Fsp3) is 0. The van der Waals surface area contributed by atoms with Gasteiger partial charge in [0.1, 0.15) is 0 Å². The number of ketones is 2. The normalized spacial score (nSPS) is 12.5. The minimum absolute atomic E-state index is 0.156. The van der Waals surface area contributed by atoms with Crippen molar-refractivity contribution in [2.24, 2.45) is 0 Å². The van der Waals surface area contributed by atoms with Crippen LogP contribution in [0.1, 0.15) is 31.8 Å². The molecule has 3 aromatic rings. The predicted molar refractivity (Wildman–Crippen MR) is 93.9 cm³/mol. The highest BCUT2D eigenvalue weighted by molar-refractivity contribution is 6.30. The minimum atomic E-state index is -0.189. The van der Waals surface area contributed by atoms with E-state index in [-0.39, 0.29) is 11.6 Å². The van der Waals surface area contributed by atoms with Gasteiger partial charge in [0, 0.05) is 22.4 Å². The number of hydrogen-bond donors (Lipinski definition) is 2. The first-order valence-corrected chi connectivity index (χ1v) is 7.60. The fourth-order valence-corrected chi connectivity index (χ4v) is 3.00. The van der Waals surface area contributed by atoms with E-state index in [9.17, 15) is 9.59 Å². The summed E-state index contributed by atoms with van der Waals surface area (Å²) in [7, 11) is 0. The second-order valence-corrected chi connectivity index (χ2v) is 5.65. The van der Waals surface area contributed by atoms with E-state index < -0.39 is 0 Å². The van der Waals surface area contributed by atoms with Crippen molar-refractivity contribution in [1.82, 2.24) is 0 Å². The monoisotopic (exact) mass is 314 g/mol. The van der Waals surface area contributed by atoms with E-state index in [2.05, 4.69) is 5.32 Å². The first kappa shape index (κ1) is 14.2. The SMILES string of the molecule is Nc1ccc2c(c1Nc1ccccc1)C(=O)c1ccccc1C2=O. The van der Waals surface area contributed by atoms with Gasteiger partial charge in [-0.05, 0) is 24.3 Å². The van der Waals surface area contributed by atoms with Gasteiger partial charge in [-0.25, -0.2) is 0 Å². The number of nitrogen functional groups attached to an aromatic ring is 1. The van der Waals surface area contributed by atoms with Crippen LogP contribution in [-0.4, -0.2) is 11.6 Å². The molecular formula is C20H14N2O2. The molecule has 0 saturated heterocycles. The van der Waals surface area contributed by atoms with Crippen molar-refractivity contribution in [2.75, 3.05) is 11.1 Å². The van der Waals surface area contributed by atoms with Crippen LogP contribution in [0.15, 0.2) is 66.7 Å². The lowest BCUT2D eigenvalue weighted by atomic mass is 9.83. The molecule has 0 radical (unpaired) electrons. The summed E-state index contributed by atoms with van der Waals surface area (Å²) < 4.78 is 0. The van der Waals surface area contributed by atoms with Crippen LogP contribution in [0, 0.1) is 0 Å². The van der Waals surface area contributed by atoms with Crippen LogP contribution >= 0.6 is 0 Å². The van der Waals surface area contributed by atoms with Crippen molar-refractivity contribution in [1.29, 1.82) is 0 Å². The van der Waals surface area contributed by atoms with Crippen molar-refractivity contribution in [2.45, 2.75) is 0 Å². The average molecular weight is 314 g/mol. The van der Waals surface area contributed by atoms with Gasteiger partial charge >= 0.3 is 0 Å². The molecule has 4 nitrogen and oxygen atoms in total. The summed E-state index contributed by atoms with van der Waals surface area (Å²) in [5.41, 5.74) is 9.37. The van der Waals surface area contributed by atoms with Crippen molar-refractivity contribution in [3.8, 4) is 0 Å². The summed E-state index contributed by atoms with van der Waals surface area (Å²) in [6.45, 7) is 0. The summed E-state index contributed by atoms with van der Waals surface area (Å²) in [5, 5.41) is 3.18. The Bertz CT molecular complexity index is 978. The number of rotatable bonds is 2. The molecule has 0 bridgehead atoms. The largest absolute Gasteiger partial charge is 0.397 e. The molecule has 116 valence electrons. The van der Waals surface area contributed by atoms with Gasteiger partial charge in [0.15, 0.2) is 11.6 Å². The number of nitrogens with one attached hydrogen (secondary N) is 1. The topological polar surface area (TPSA) is 72.2 Å². The zero-order valence-electron chi connectivity index (χ0n) is 12.7. The highest BCUT2D eigenvalue weighted by Gasteiger charge is 2.32. The van der Waals surface area contributed by atoms with E-state index in [1.807, 2.05) is 30.3 Å². The maximum Gasteiger partial charge on any atom is 0.196 e. The van der Waals surface area contributed by atoms with E-state index in [0.29, 0.717) is 33.6 Å². The number of para-hydroxylation sites is 1. The Kier molecular flexibility index (Phi) is 3.17. The van der Waals surface area contributed by atoms with E-state index in [4.69, 9.17) is 5.73 Å². The Morgan fingerprint density at radius 3 is 2.00 bits per heavy atom. The number of carbonyl (C=O) groups is 2. The van der Waals surface area contributed by atoms with Crippen molar-refractivity contribution < 1.29 is 9.59 Å². The Hall–Kier alpha value is -3.40. The van der Waals surface area contributed by atoms with Gasteiger partial charge in [-0.15, -0.1) is 0 Å². The lowest BCUT2D eigenvalue weighted by Gasteiger charge is -2.22. The number of benzene rings is 3. The Morgan fingerprint density at radius 2 is 1.29 bits per heavy atom. The molecule has 1 aliphatic rings. The molecule has 0 spiro atoms. The molecule has 0 atom stereocenters. The molecule has 24 heavy (non-hydrogen) atoms. The molecule has 0 saturated carbocycles. The van der Waals surface area contributed by atoms with Gasteiger partial charge < -0.3 is 11.1 Å². The summed E-state index contributed by atoms with van der Waals surface area (Å²) in [4.78, 5) is 25.7. The first-order valence-electron chi connectivity index (χ1n) is 7.60. The molecular weight excluding hydrogens is 300 g/mol. The van der Waals surface area contributed by atoms with E-state index >= 15 is 0 Å². The van der Waals surface area contributed by atoms with Crippen molar-refractivity contribution in [3.63, 3.8) is 0 Å². The lowest BCUT2D eigenvalue weighted by Crippen LogP contribution is -2.22. The number of nitrogens with two attached hydrogens (primary N) is 1. The van der Waals surface area contributed by atoms with Gasteiger partial charge in [-0.3, -0.25) is 9.59 Å². The summed E-state index contributed by atoms with van der Waals surface area (Å²) >= 11 is 0. The first-order chi connectivity index (χ1) is 11.7. The van der Waals surface area contributed by atoms with Gasteiger partial charge in [-0.1, -0.05) is 42.5 Å². The Balaban J connectivity index is 1.92. The molecule has 4 heteroatoms. The number of hydrogen-bond acceptors (Lipinski definition) is 4. The summed E-state index contributed by atoms with van der Waals surface area (Å²) in [6.07, 6.45) is 0. The predicted octanol–water partition coefficient (Wildman–Crippen LogP) is 3.79. The van der Waals surface area contributed by atoms with E-state index in [0.717, 1.165) is 5.69 Å². The quantitative estimate of drug-likeness (QED) is 0.552. The van der Waals surface area contributed by atoms with Crippen LogP contribution in [0.25, 0.3) is 0 Å². The van der Waals surface area contributed by atoms with Crippen LogP contribution in [0.4, 0.5) is 17.1 Å². The van der Waals surface area contributed by atoms with Crippen LogP contribution in [0.2, 0.25) is 0 Å². The Morgan fingerprint density at radius 1 is 0.667 bits per heavy atom. The van der Waals surface area contributed by atoms with Gasteiger partial charge in [0.05, 0.1) is 16.9 Å². The van der Waals surface area contributed by atoms with Crippen LogP contribution in [0.5, 0.6) is 0 Å². The molecule has 0 amide bonds. The van der Waals surface area contributed by atoms with E-state index in [1.165, 1.54) is 0 Å². The summed E-state index contributed by atoms with van der Waals surface area (Å²) in [6, 6.07) is 19.6. The van der Waals surface area contributed by atoms with Gasteiger partial charge in [0.2, 0.25) is 0 Å². The third kappa shape index (κ3) is 2.08. The maximum atomic E-state index is 13.0. The Labute approximate surface area is 138 Å². The van der Waals surface area contributed by atoms with Crippen LogP contribution in [-0.2, 0) is 0 Å². The minimum Gasteiger partial charge on any atom is -0.397 e. The third-order valence-electron chi connectivity index (χ3n) is 4.17. The zero-order valence-corrected chi connectivity index (χ0v) is 12.7. The highest BCUT2D eigenvalue weighted by Crippen LogP contribution is 2.36. The number of fused-ring (bicyclic) bond motifs is 2.